The molecule has 17 heavy (non-hydrogen) atoms. The molecule has 0 aromatic carbocycles. The first-order chi connectivity index (χ1) is 8.38. The normalized spacial score (nSPS) is 16.1. The fourth-order valence-corrected chi connectivity index (χ4v) is 2.06. The minimum absolute atomic E-state index is 0.627. The summed E-state index contributed by atoms with van der Waals surface area (Å²) in [4.78, 5) is 10.6. The highest BCUT2D eigenvalue weighted by Crippen LogP contribution is 2.09. The molecule has 1 aliphatic heterocycles. The van der Waals surface area contributed by atoms with Crippen molar-refractivity contribution in [1.82, 2.24) is 14.9 Å². The van der Waals surface area contributed by atoms with Crippen molar-refractivity contribution in [3.05, 3.63) is 12.4 Å². The number of nitrogens with zero attached hydrogens (tertiary/aromatic N) is 3. The third-order valence-corrected chi connectivity index (χ3v) is 2.97. The highest BCUT2D eigenvalue weighted by atomic mass is 15.3. The summed E-state index contributed by atoms with van der Waals surface area (Å²) >= 11 is 0. The molecule has 0 bridgehead atoms. The van der Waals surface area contributed by atoms with Crippen molar-refractivity contribution in [2.45, 2.75) is 19.3 Å². The van der Waals surface area contributed by atoms with Gasteiger partial charge in [0.1, 0.15) is 18.0 Å². The lowest BCUT2D eigenvalue weighted by atomic mass is 10.4. The van der Waals surface area contributed by atoms with Crippen LogP contribution in [0.4, 0.5) is 11.6 Å². The Hall–Kier alpha value is -1.40. The van der Waals surface area contributed by atoms with Crippen molar-refractivity contribution in [3.63, 3.8) is 0 Å². The molecule has 6 heteroatoms. The fraction of sp³-hybridized carbons (Fsp3) is 0.636. The zero-order chi connectivity index (χ0) is 11.9. The molecule has 0 saturated carbocycles. The van der Waals surface area contributed by atoms with Gasteiger partial charge in [-0.3, -0.25) is 0 Å². The molecule has 0 amide bonds. The molecule has 4 N–H and O–H groups in total. The predicted octanol–water partition coefficient (Wildman–Crippen LogP) is 0.660. The van der Waals surface area contributed by atoms with E-state index in [0.717, 1.165) is 18.8 Å². The molecule has 0 unspecified atom stereocenters. The van der Waals surface area contributed by atoms with Gasteiger partial charge in [-0.1, -0.05) is 0 Å². The number of hydrogen-bond acceptors (Lipinski definition) is 6. The second-order valence-electron chi connectivity index (χ2n) is 4.26. The molecule has 6 nitrogen and oxygen atoms in total. The summed E-state index contributed by atoms with van der Waals surface area (Å²) in [5.41, 5.74) is 2.50. The van der Waals surface area contributed by atoms with Crippen LogP contribution in [-0.2, 0) is 0 Å². The predicted molar refractivity (Wildman–Crippen MR) is 68.6 cm³/mol. The van der Waals surface area contributed by atoms with Gasteiger partial charge < -0.3 is 15.6 Å². The molecule has 1 fully saturated rings. The van der Waals surface area contributed by atoms with E-state index >= 15 is 0 Å². The van der Waals surface area contributed by atoms with Crippen molar-refractivity contribution in [2.75, 3.05) is 36.9 Å². The van der Waals surface area contributed by atoms with Crippen LogP contribution in [0.1, 0.15) is 19.3 Å². The quantitative estimate of drug-likeness (QED) is 0.382. The average molecular weight is 236 g/mol. The van der Waals surface area contributed by atoms with Gasteiger partial charge in [0, 0.05) is 12.6 Å². The van der Waals surface area contributed by atoms with Gasteiger partial charge in [-0.25, -0.2) is 15.8 Å². The van der Waals surface area contributed by atoms with Gasteiger partial charge in [-0.15, -0.1) is 0 Å². The van der Waals surface area contributed by atoms with Crippen molar-refractivity contribution in [2.24, 2.45) is 5.84 Å². The number of likely N-dealkylation sites (tertiary alicyclic amines) is 1. The van der Waals surface area contributed by atoms with E-state index in [1.54, 1.807) is 6.07 Å². The minimum atomic E-state index is 0.627. The summed E-state index contributed by atoms with van der Waals surface area (Å²) in [6.45, 7) is 4.61. The van der Waals surface area contributed by atoms with Gasteiger partial charge >= 0.3 is 0 Å². The lowest BCUT2D eigenvalue weighted by molar-refractivity contribution is 0.337. The Kier molecular flexibility index (Phi) is 4.52. The average Bonchev–Trinajstić information content (AvgIpc) is 2.88. The molecule has 2 rings (SSSR count). The highest BCUT2D eigenvalue weighted by Gasteiger charge is 2.09. The number of hydrazine groups is 1. The molecule has 0 atom stereocenters. The first-order valence-electron chi connectivity index (χ1n) is 6.13. The maximum absolute atomic E-state index is 5.28. The van der Waals surface area contributed by atoms with Crippen molar-refractivity contribution in [3.8, 4) is 0 Å². The van der Waals surface area contributed by atoms with Crippen LogP contribution in [0.2, 0.25) is 0 Å². The first kappa shape index (κ1) is 12.1. The van der Waals surface area contributed by atoms with Crippen molar-refractivity contribution < 1.29 is 0 Å². The Labute approximate surface area is 102 Å². The van der Waals surface area contributed by atoms with Crippen LogP contribution in [0, 0.1) is 0 Å². The topological polar surface area (TPSA) is 79.1 Å². The van der Waals surface area contributed by atoms with Crippen LogP contribution in [0.25, 0.3) is 0 Å². The second kappa shape index (κ2) is 6.36. The fourth-order valence-electron chi connectivity index (χ4n) is 2.06. The van der Waals surface area contributed by atoms with Crippen LogP contribution in [0.3, 0.4) is 0 Å². The van der Waals surface area contributed by atoms with Crippen LogP contribution in [-0.4, -0.2) is 41.0 Å². The van der Waals surface area contributed by atoms with Gasteiger partial charge in [-0.2, -0.15) is 0 Å². The van der Waals surface area contributed by atoms with Gasteiger partial charge in [-0.05, 0) is 38.9 Å². The van der Waals surface area contributed by atoms with Gasteiger partial charge in [0.05, 0.1) is 0 Å². The molecule has 0 aliphatic carbocycles. The number of anilines is 2. The smallest absolute Gasteiger partial charge is 0.145 e. The number of nitrogens with one attached hydrogen (secondary N) is 2. The van der Waals surface area contributed by atoms with E-state index in [0.29, 0.717) is 5.82 Å². The maximum atomic E-state index is 5.28. The van der Waals surface area contributed by atoms with E-state index in [1.807, 2.05) is 0 Å². The molecule has 1 aliphatic rings. The Bertz CT molecular complexity index is 336. The molecule has 2 heterocycles. The number of nitrogens with two attached hydrogens (primary N) is 1. The Morgan fingerprint density at radius 3 is 2.76 bits per heavy atom. The molecule has 1 aromatic heterocycles. The number of nitrogen functional groups attached to an aromatic ring is 1. The minimum Gasteiger partial charge on any atom is -0.370 e. The number of aromatic nitrogens is 2. The van der Waals surface area contributed by atoms with E-state index in [2.05, 4.69) is 25.6 Å². The summed E-state index contributed by atoms with van der Waals surface area (Å²) in [7, 11) is 0. The summed E-state index contributed by atoms with van der Waals surface area (Å²) < 4.78 is 0. The molecule has 1 saturated heterocycles. The lowest BCUT2D eigenvalue weighted by Crippen LogP contribution is -2.22. The summed E-state index contributed by atoms with van der Waals surface area (Å²) in [5, 5.41) is 3.27. The SMILES string of the molecule is NNc1cc(NCCCN2CCCC2)ncn1. The van der Waals surface area contributed by atoms with E-state index in [4.69, 9.17) is 5.84 Å². The first-order valence-corrected chi connectivity index (χ1v) is 6.13. The molecule has 94 valence electrons. The van der Waals surface area contributed by atoms with Gasteiger partial charge in [0.25, 0.3) is 0 Å². The largest absolute Gasteiger partial charge is 0.370 e. The van der Waals surface area contributed by atoms with Crippen LogP contribution < -0.4 is 16.6 Å². The summed E-state index contributed by atoms with van der Waals surface area (Å²) in [6.07, 6.45) is 5.34. The standard InChI is InChI=1S/C11H20N6/c12-16-11-8-10(14-9-15-11)13-4-3-7-17-5-1-2-6-17/h8-9H,1-7,12H2,(H2,13,14,15,16). The molecule has 0 radical (unpaired) electrons. The van der Waals surface area contributed by atoms with Crippen molar-refractivity contribution >= 4 is 11.6 Å². The van der Waals surface area contributed by atoms with E-state index in [-0.39, 0.29) is 0 Å². The number of rotatable bonds is 6. The van der Waals surface area contributed by atoms with E-state index < -0.39 is 0 Å². The van der Waals surface area contributed by atoms with Crippen molar-refractivity contribution in [1.29, 1.82) is 0 Å². The Morgan fingerprint density at radius 1 is 1.24 bits per heavy atom. The highest BCUT2D eigenvalue weighted by molar-refractivity contribution is 5.45. The molecular formula is C11H20N6. The zero-order valence-corrected chi connectivity index (χ0v) is 10.0. The lowest BCUT2D eigenvalue weighted by Gasteiger charge is -2.14. The monoisotopic (exact) mass is 236 g/mol. The summed E-state index contributed by atoms with van der Waals surface area (Å²) in [6, 6.07) is 1.80. The zero-order valence-electron chi connectivity index (χ0n) is 10.0. The third kappa shape index (κ3) is 3.83. The van der Waals surface area contributed by atoms with Gasteiger partial charge in [0.2, 0.25) is 0 Å². The van der Waals surface area contributed by atoms with E-state index in [9.17, 15) is 0 Å². The van der Waals surface area contributed by atoms with Gasteiger partial charge in [0.15, 0.2) is 0 Å². The molecular weight excluding hydrogens is 216 g/mol. The maximum Gasteiger partial charge on any atom is 0.145 e. The Morgan fingerprint density at radius 2 is 2.00 bits per heavy atom. The third-order valence-electron chi connectivity index (χ3n) is 2.97. The summed E-state index contributed by atoms with van der Waals surface area (Å²) in [5.74, 6) is 6.72. The van der Waals surface area contributed by atoms with Crippen LogP contribution in [0.5, 0.6) is 0 Å². The number of hydrogen-bond donors (Lipinski definition) is 3. The second-order valence-corrected chi connectivity index (χ2v) is 4.26. The molecule has 1 aromatic rings. The van der Waals surface area contributed by atoms with E-state index in [1.165, 1.54) is 38.8 Å². The Balaban J connectivity index is 1.66. The molecule has 0 spiro atoms. The van der Waals surface area contributed by atoms with Crippen LogP contribution >= 0.6 is 0 Å². The van der Waals surface area contributed by atoms with Crippen LogP contribution in [0.15, 0.2) is 12.4 Å².